The largest absolute Gasteiger partial charge is 0.328 e. The molecular formula is C26H37N5O3S. The average molecular weight is 500 g/mol. The number of anilines is 1. The van der Waals surface area contributed by atoms with Gasteiger partial charge in [0.15, 0.2) is 0 Å². The van der Waals surface area contributed by atoms with Crippen LogP contribution in [0.1, 0.15) is 38.6 Å². The van der Waals surface area contributed by atoms with Gasteiger partial charge in [-0.15, -0.1) is 0 Å². The molecule has 0 aliphatic rings. The number of carbonyl (C=O) groups excluding carboxylic acids is 1. The quantitative estimate of drug-likeness (QED) is 0.410. The van der Waals surface area contributed by atoms with E-state index in [1.165, 1.54) is 9.87 Å². The van der Waals surface area contributed by atoms with E-state index in [2.05, 4.69) is 29.3 Å². The van der Waals surface area contributed by atoms with Gasteiger partial charge in [0.05, 0.1) is 15.9 Å². The molecule has 3 rings (SSSR count). The highest BCUT2D eigenvalue weighted by Crippen LogP contribution is 2.24. The highest BCUT2D eigenvalue weighted by atomic mass is 32.2. The smallest absolute Gasteiger partial charge is 0.243 e. The van der Waals surface area contributed by atoms with Gasteiger partial charge >= 0.3 is 0 Å². The van der Waals surface area contributed by atoms with E-state index in [0.717, 1.165) is 30.0 Å². The fourth-order valence-electron chi connectivity index (χ4n) is 4.13. The van der Waals surface area contributed by atoms with Gasteiger partial charge in [-0.3, -0.25) is 4.79 Å². The Balaban J connectivity index is 1.70. The number of nitrogens with zero attached hydrogens (tertiary/aromatic N) is 4. The van der Waals surface area contributed by atoms with Gasteiger partial charge in [0.1, 0.15) is 5.82 Å². The van der Waals surface area contributed by atoms with E-state index in [1.54, 1.807) is 12.1 Å². The minimum Gasteiger partial charge on any atom is -0.328 e. The van der Waals surface area contributed by atoms with Gasteiger partial charge in [0.2, 0.25) is 15.9 Å². The Morgan fingerprint density at radius 2 is 1.69 bits per heavy atom. The zero-order valence-electron chi connectivity index (χ0n) is 21.4. The molecule has 0 atom stereocenters. The number of imidazole rings is 1. The standard InChI is InChI=1S/C26H37N5O3S/c1-6-30(7-2)35(33,34)22-13-14-24-23(19-22)28-25(31(24)8-3)15-16-26(32)27-21-11-9-20(10-12-21)17-18-29(4)5/h9-14,19H,6-8,15-18H2,1-5H3,(H,27,32). The van der Waals surface area contributed by atoms with Crippen molar-refractivity contribution in [2.24, 2.45) is 0 Å². The molecule has 35 heavy (non-hydrogen) atoms. The average Bonchev–Trinajstić information content (AvgIpc) is 3.19. The molecule has 1 N–H and O–H groups in total. The molecule has 0 bridgehead atoms. The molecule has 9 heteroatoms. The highest BCUT2D eigenvalue weighted by molar-refractivity contribution is 7.89. The molecule has 3 aromatic rings. The van der Waals surface area contributed by atoms with E-state index < -0.39 is 10.0 Å². The molecule has 1 aromatic heterocycles. The van der Waals surface area contributed by atoms with Gasteiger partial charge in [-0.1, -0.05) is 26.0 Å². The number of amides is 1. The molecule has 1 heterocycles. The Morgan fingerprint density at radius 3 is 2.29 bits per heavy atom. The molecule has 0 spiro atoms. The van der Waals surface area contributed by atoms with E-state index in [0.29, 0.717) is 31.6 Å². The Morgan fingerprint density at radius 1 is 1.00 bits per heavy atom. The summed E-state index contributed by atoms with van der Waals surface area (Å²) in [5.41, 5.74) is 3.51. The van der Waals surface area contributed by atoms with Gasteiger partial charge < -0.3 is 14.8 Å². The lowest BCUT2D eigenvalue weighted by Crippen LogP contribution is -2.30. The molecule has 190 valence electrons. The number of sulfonamides is 1. The van der Waals surface area contributed by atoms with Crippen LogP contribution < -0.4 is 5.32 Å². The van der Waals surface area contributed by atoms with Gasteiger partial charge in [-0.2, -0.15) is 4.31 Å². The van der Waals surface area contributed by atoms with Crippen molar-refractivity contribution < 1.29 is 13.2 Å². The fourth-order valence-corrected chi connectivity index (χ4v) is 5.61. The third-order valence-electron chi connectivity index (χ3n) is 6.12. The van der Waals surface area contributed by atoms with Crippen LogP contribution >= 0.6 is 0 Å². The Labute approximate surface area is 209 Å². The van der Waals surface area contributed by atoms with E-state index in [9.17, 15) is 13.2 Å². The normalized spacial score (nSPS) is 12.1. The van der Waals surface area contributed by atoms with Crippen LogP contribution in [0, 0.1) is 0 Å². The minimum absolute atomic E-state index is 0.0782. The number of carbonyl (C=O) groups is 1. The van der Waals surface area contributed by atoms with Gasteiger partial charge in [0.25, 0.3) is 0 Å². The van der Waals surface area contributed by atoms with E-state index in [-0.39, 0.29) is 17.2 Å². The zero-order valence-corrected chi connectivity index (χ0v) is 22.2. The fraction of sp³-hybridized carbons (Fsp3) is 0.462. The van der Waals surface area contributed by atoms with Crippen molar-refractivity contribution in [2.45, 2.75) is 51.5 Å². The first-order chi connectivity index (χ1) is 16.7. The second-order valence-electron chi connectivity index (χ2n) is 8.81. The summed E-state index contributed by atoms with van der Waals surface area (Å²) in [6, 6.07) is 13.0. The highest BCUT2D eigenvalue weighted by Gasteiger charge is 2.23. The second kappa shape index (κ2) is 11.8. The summed E-state index contributed by atoms with van der Waals surface area (Å²) in [5, 5.41) is 2.96. The summed E-state index contributed by atoms with van der Waals surface area (Å²) in [6.45, 7) is 8.17. The molecule has 0 aliphatic carbocycles. The Bertz CT molecular complexity index is 1250. The molecule has 0 radical (unpaired) electrons. The van der Waals surface area contributed by atoms with Crippen LogP contribution in [0.15, 0.2) is 47.4 Å². The number of hydrogen-bond donors (Lipinski definition) is 1. The number of fused-ring (bicyclic) bond motifs is 1. The van der Waals surface area contributed by atoms with E-state index in [1.807, 2.05) is 55.7 Å². The number of nitrogens with one attached hydrogen (secondary N) is 1. The monoisotopic (exact) mass is 499 g/mol. The second-order valence-corrected chi connectivity index (χ2v) is 10.7. The zero-order chi connectivity index (χ0) is 25.6. The molecule has 0 unspecified atom stereocenters. The van der Waals surface area contributed by atoms with Crippen molar-refractivity contribution in [1.29, 1.82) is 0 Å². The maximum Gasteiger partial charge on any atom is 0.243 e. The lowest BCUT2D eigenvalue weighted by Gasteiger charge is -2.18. The molecule has 8 nitrogen and oxygen atoms in total. The predicted octanol–water partition coefficient (Wildman–Crippen LogP) is 3.76. The first-order valence-electron chi connectivity index (χ1n) is 12.2. The number of likely N-dealkylation sites (N-methyl/N-ethyl adjacent to an activating group) is 1. The summed E-state index contributed by atoms with van der Waals surface area (Å²) < 4.78 is 29.3. The van der Waals surface area contributed by atoms with Gasteiger partial charge in [-0.05, 0) is 63.3 Å². The summed E-state index contributed by atoms with van der Waals surface area (Å²) in [4.78, 5) is 19.7. The molecule has 1 amide bonds. The lowest BCUT2D eigenvalue weighted by atomic mass is 10.1. The number of rotatable bonds is 12. The van der Waals surface area contributed by atoms with Crippen LogP contribution in [0.25, 0.3) is 11.0 Å². The van der Waals surface area contributed by atoms with Crippen LogP contribution in [0.4, 0.5) is 5.69 Å². The molecule has 0 aliphatic heterocycles. The van der Waals surface area contributed by atoms with Gasteiger partial charge in [0, 0.05) is 44.7 Å². The van der Waals surface area contributed by atoms with Crippen LogP contribution in [0.2, 0.25) is 0 Å². The third-order valence-corrected chi connectivity index (χ3v) is 8.17. The summed E-state index contributed by atoms with van der Waals surface area (Å²) in [5.74, 6) is 0.694. The Hall–Kier alpha value is -2.75. The maximum absolute atomic E-state index is 12.9. The summed E-state index contributed by atoms with van der Waals surface area (Å²) in [6.07, 6.45) is 1.72. The number of aryl methyl sites for hydroxylation is 2. The summed E-state index contributed by atoms with van der Waals surface area (Å²) in [7, 11) is 0.543. The Kier molecular flexibility index (Phi) is 9.04. The van der Waals surface area contributed by atoms with Crippen LogP contribution in [0.3, 0.4) is 0 Å². The van der Waals surface area contributed by atoms with Crippen molar-refractivity contribution >= 4 is 32.7 Å². The van der Waals surface area contributed by atoms with Gasteiger partial charge in [-0.25, -0.2) is 13.4 Å². The topological polar surface area (TPSA) is 87.5 Å². The SMILES string of the molecule is CCN(CC)S(=O)(=O)c1ccc2c(c1)nc(CCC(=O)Nc1ccc(CCN(C)C)cc1)n2CC. The first-order valence-corrected chi connectivity index (χ1v) is 13.7. The number of hydrogen-bond acceptors (Lipinski definition) is 5. The van der Waals surface area contributed by atoms with E-state index in [4.69, 9.17) is 0 Å². The molecule has 0 saturated heterocycles. The number of benzene rings is 2. The predicted molar refractivity (Wildman–Crippen MR) is 141 cm³/mol. The third kappa shape index (κ3) is 6.48. The van der Waals surface area contributed by atoms with E-state index >= 15 is 0 Å². The maximum atomic E-state index is 12.9. The van der Waals surface area contributed by atoms with Crippen LogP contribution in [-0.4, -0.2) is 66.8 Å². The van der Waals surface area contributed by atoms with Crippen LogP contribution in [-0.2, 0) is 34.2 Å². The first kappa shape index (κ1) is 26.8. The minimum atomic E-state index is -3.56. The van der Waals surface area contributed by atoms with Crippen molar-refractivity contribution in [3.05, 3.63) is 53.9 Å². The van der Waals surface area contributed by atoms with Crippen molar-refractivity contribution in [3.8, 4) is 0 Å². The summed E-state index contributed by atoms with van der Waals surface area (Å²) >= 11 is 0. The molecular weight excluding hydrogens is 462 g/mol. The van der Waals surface area contributed by atoms with Crippen molar-refractivity contribution in [2.75, 3.05) is 39.0 Å². The van der Waals surface area contributed by atoms with Crippen molar-refractivity contribution in [1.82, 2.24) is 18.8 Å². The molecule has 0 saturated carbocycles. The lowest BCUT2D eigenvalue weighted by molar-refractivity contribution is -0.116. The number of aromatic nitrogens is 2. The van der Waals surface area contributed by atoms with Crippen LogP contribution in [0.5, 0.6) is 0 Å². The molecule has 2 aromatic carbocycles. The van der Waals surface area contributed by atoms with Crippen molar-refractivity contribution in [3.63, 3.8) is 0 Å². The molecule has 0 fully saturated rings.